The maximum absolute atomic E-state index is 12.3. The number of nitrogens with one attached hydrogen (secondary N) is 2. The van der Waals surface area contributed by atoms with Crippen molar-refractivity contribution in [2.24, 2.45) is 11.5 Å². The minimum Gasteiger partial charge on any atom is -0.503 e. The Hall–Kier alpha value is -0.400. The maximum atomic E-state index is 12.3. The number of thiophene rings is 1. The van der Waals surface area contributed by atoms with Crippen LogP contribution in [-0.2, 0) is 9.59 Å². The van der Waals surface area contributed by atoms with Gasteiger partial charge in [0.2, 0.25) is 10.2 Å². The van der Waals surface area contributed by atoms with Crippen LogP contribution in [0.5, 0.6) is 11.5 Å². The van der Waals surface area contributed by atoms with Crippen LogP contribution in [0, 0.1) is 0 Å². The summed E-state index contributed by atoms with van der Waals surface area (Å²) >= 11 is 8.54. The van der Waals surface area contributed by atoms with E-state index in [-0.39, 0.29) is 44.6 Å². The summed E-state index contributed by atoms with van der Waals surface area (Å²) in [4.78, 5) is 47.3. The highest BCUT2D eigenvalue weighted by molar-refractivity contribution is 8.82. The molecule has 33 heavy (non-hydrogen) atoms. The van der Waals surface area contributed by atoms with E-state index in [0.717, 1.165) is 21.6 Å². The Kier molecular flexibility index (Phi) is 15.1. The van der Waals surface area contributed by atoms with Gasteiger partial charge in [-0.05, 0) is 21.6 Å². The lowest BCUT2D eigenvalue weighted by molar-refractivity contribution is -0.112. The van der Waals surface area contributed by atoms with Gasteiger partial charge in [-0.1, -0.05) is 21.6 Å². The maximum Gasteiger partial charge on any atom is 0.265 e. The smallest absolute Gasteiger partial charge is 0.265 e. The first-order valence-corrected chi connectivity index (χ1v) is 15.9. The summed E-state index contributed by atoms with van der Waals surface area (Å²) in [7, 11) is 4.35. The molecule has 2 atom stereocenters. The molecule has 1 rings (SSSR count). The van der Waals surface area contributed by atoms with E-state index < -0.39 is 35.4 Å². The summed E-state index contributed by atoms with van der Waals surface area (Å²) in [5.74, 6) is -1.44. The molecule has 0 radical (unpaired) electrons. The van der Waals surface area contributed by atoms with E-state index in [9.17, 15) is 29.4 Å². The Morgan fingerprint density at radius 2 is 1.18 bits per heavy atom. The fourth-order valence-electron chi connectivity index (χ4n) is 1.77. The highest BCUT2D eigenvalue weighted by Crippen LogP contribution is 2.40. The van der Waals surface area contributed by atoms with E-state index in [1.54, 1.807) is 0 Å². The Bertz CT molecular complexity index is 776. The van der Waals surface area contributed by atoms with Crippen molar-refractivity contribution in [3.63, 3.8) is 0 Å². The van der Waals surface area contributed by atoms with E-state index >= 15 is 0 Å². The summed E-state index contributed by atoms with van der Waals surface area (Å²) in [6.45, 7) is 0.369. The predicted molar refractivity (Wildman–Crippen MR) is 146 cm³/mol. The molecule has 0 saturated carbocycles. The molecular weight excluding hydrogens is 569 g/mol. The van der Waals surface area contributed by atoms with Crippen molar-refractivity contribution in [2.75, 3.05) is 36.1 Å². The fraction of sp³-hybridized carbons (Fsp3) is 0.500. The third-order valence-electron chi connectivity index (χ3n) is 3.49. The van der Waals surface area contributed by atoms with Gasteiger partial charge in [-0.25, -0.2) is 0 Å². The molecule has 2 amide bonds. The zero-order chi connectivity index (χ0) is 25.0. The molecule has 0 aromatic carbocycles. The van der Waals surface area contributed by atoms with Gasteiger partial charge in [-0.15, -0.1) is 11.3 Å². The van der Waals surface area contributed by atoms with Crippen LogP contribution in [0.2, 0.25) is 0 Å². The third kappa shape index (κ3) is 10.4. The molecule has 1 aromatic rings. The average Bonchev–Trinajstić information content (AvgIpc) is 3.11. The minimum atomic E-state index is -0.684. The number of rotatable bonds is 14. The predicted octanol–water partition coefficient (Wildman–Crippen LogP) is 0.949. The third-order valence-corrected chi connectivity index (χ3v) is 10.1. The monoisotopic (exact) mass is 592 g/mol. The van der Waals surface area contributed by atoms with Crippen molar-refractivity contribution in [1.29, 1.82) is 0 Å². The van der Waals surface area contributed by atoms with Crippen LogP contribution >= 0.6 is 79.8 Å². The molecule has 0 aliphatic rings. The van der Waals surface area contributed by atoms with Gasteiger partial charge in [0.05, 0.1) is 12.1 Å². The molecule has 0 bridgehead atoms. The highest BCUT2D eigenvalue weighted by Gasteiger charge is 2.26. The number of thiol groups is 2. The zero-order valence-electron chi connectivity index (χ0n) is 17.0. The molecule has 0 unspecified atom stereocenters. The number of hydrogen-bond donors (Lipinski definition) is 8. The molecule has 186 valence electrons. The van der Waals surface area contributed by atoms with Gasteiger partial charge in [0, 0.05) is 36.1 Å². The minimum absolute atomic E-state index is 0.185. The number of carbonyl (C=O) groups excluding carboxylic acids is 4. The lowest BCUT2D eigenvalue weighted by Gasteiger charge is -2.06. The molecule has 8 N–H and O–H groups in total. The molecule has 0 fully saturated rings. The standard InChI is InChI=1S/C16H24N4O6S7/c17-7(5-27)15(25)32-29-3-1-19-13(23)11-9(21)10(22)12(31-11)14(24)20-2-4-30-33-16(26)8(18)6-28/h7-8,21-22,27-28H,1-6,17-18H2,(H,19,23)(H,20,24)/t7-,8-/m0/s1. The molecular formula is C16H24N4O6S7. The normalized spacial score (nSPS) is 12.7. The Morgan fingerprint density at radius 1 is 0.818 bits per heavy atom. The van der Waals surface area contributed by atoms with E-state index in [0.29, 0.717) is 22.8 Å². The molecule has 10 nitrogen and oxygen atoms in total. The van der Waals surface area contributed by atoms with Crippen molar-refractivity contribution in [3.05, 3.63) is 9.75 Å². The van der Waals surface area contributed by atoms with Gasteiger partial charge in [-0.3, -0.25) is 19.2 Å². The highest BCUT2D eigenvalue weighted by atomic mass is 33.1. The lowest BCUT2D eigenvalue weighted by Crippen LogP contribution is -2.29. The molecule has 0 aliphatic heterocycles. The summed E-state index contributed by atoms with van der Waals surface area (Å²) < 4.78 is 0. The Morgan fingerprint density at radius 3 is 1.52 bits per heavy atom. The second kappa shape index (κ2) is 16.3. The van der Waals surface area contributed by atoms with Crippen LogP contribution in [0.15, 0.2) is 0 Å². The molecule has 0 spiro atoms. The fourth-order valence-corrected chi connectivity index (χ4v) is 6.89. The number of amides is 2. The summed E-state index contributed by atoms with van der Waals surface area (Å²) in [5, 5.41) is 24.7. The van der Waals surface area contributed by atoms with Gasteiger partial charge in [0.25, 0.3) is 11.8 Å². The van der Waals surface area contributed by atoms with E-state index in [1.807, 2.05) is 0 Å². The summed E-state index contributed by atoms with van der Waals surface area (Å²) in [6.07, 6.45) is 0. The summed E-state index contributed by atoms with van der Waals surface area (Å²) in [5.41, 5.74) is 11.1. The van der Waals surface area contributed by atoms with Gasteiger partial charge in [0.1, 0.15) is 9.75 Å². The second-order valence-electron chi connectivity index (χ2n) is 6.00. The van der Waals surface area contributed by atoms with Crippen molar-refractivity contribution in [2.45, 2.75) is 12.1 Å². The molecule has 0 aliphatic carbocycles. The van der Waals surface area contributed by atoms with Gasteiger partial charge >= 0.3 is 0 Å². The van der Waals surface area contributed by atoms with Crippen LogP contribution in [0.1, 0.15) is 19.3 Å². The van der Waals surface area contributed by atoms with Crippen molar-refractivity contribution >= 4 is 102 Å². The quantitative estimate of drug-likeness (QED) is 0.0870. The largest absolute Gasteiger partial charge is 0.503 e. The van der Waals surface area contributed by atoms with Crippen LogP contribution in [0.4, 0.5) is 0 Å². The number of nitrogens with two attached hydrogens (primary N) is 2. The van der Waals surface area contributed by atoms with Crippen molar-refractivity contribution in [1.82, 2.24) is 10.6 Å². The first kappa shape index (κ1) is 30.6. The van der Waals surface area contributed by atoms with Gasteiger partial charge in [0.15, 0.2) is 11.5 Å². The number of carbonyl (C=O) groups is 4. The van der Waals surface area contributed by atoms with Gasteiger partial charge < -0.3 is 32.3 Å². The number of aromatic hydroxyl groups is 2. The average molecular weight is 593 g/mol. The molecule has 1 heterocycles. The Labute approximate surface area is 221 Å². The van der Waals surface area contributed by atoms with Crippen molar-refractivity contribution < 1.29 is 29.4 Å². The first-order chi connectivity index (χ1) is 15.6. The summed E-state index contributed by atoms with van der Waals surface area (Å²) in [6, 6.07) is -1.32. The molecule has 0 saturated heterocycles. The van der Waals surface area contributed by atoms with Crippen LogP contribution in [0.3, 0.4) is 0 Å². The van der Waals surface area contributed by atoms with E-state index in [1.165, 1.54) is 21.6 Å². The molecule has 1 aromatic heterocycles. The van der Waals surface area contributed by atoms with Gasteiger partial charge in [-0.2, -0.15) is 25.3 Å². The zero-order valence-corrected chi connectivity index (χ0v) is 22.9. The SMILES string of the molecule is N[C@@H](CS)C(=O)SSCCNC(=O)c1sc(C(=O)NCCSSC(=O)[C@@H](N)CS)c(O)c1O. The molecule has 17 heteroatoms. The first-order valence-electron chi connectivity index (χ1n) is 9.14. The van der Waals surface area contributed by atoms with E-state index in [4.69, 9.17) is 11.5 Å². The van der Waals surface area contributed by atoms with E-state index in [2.05, 4.69) is 35.9 Å². The van der Waals surface area contributed by atoms with Crippen LogP contribution in [0.25, 0.3) is 0 Å². The van der Waals surface area contributed by atoms with Crippen LogP contribution in [-0.4, -0.2) is 80.4 Å². The Balaban J connectivity index is 2.46. The van der Waals surface area contributed by atoms with Crippen LogP contribution < -0.4 is 22.1 Å². The topological polar surface area (TPSA) is 185 Å². The number of hydrogen-bond acceptors (Lipinski definition) is 15. The van der Waals surface area contributed by atoms with Crippen molar-refractivity contribution in [3.8, 4) is 11.5 Å². The lowest BCUT2D eigenvalue weighted by atomic mass is 10.3. The second-order valence-corrected chi connectivity index (χ2v) is 12.6.